The molecule has 1 aromatic heterocycles. The zero-order chi connectivity index (χ0) is 9.84. The van der Waals surface area contributed by atoms with Crippen molar-refractivity contribution in [1.29, 1.82) is 5.26 Å². The highest BCUT2D eigenvalue weighted by atomic mass is 15.3. The van der Waals surface area contributed by atoms with Crippen LogP contribution in [0.15, 0.2) is 12.6 Å². The van der Waals surface area contributed by atoms with Crippen molar-refractivity contribution < 1.29 is 0 Å². The van der Waals surface area contributed by atoms with E-state index in [9.17, 15) is 0 Å². The molecule has 13 heavy (non-hydrogen) atoms. The van der Waals surface area contributed by atoms with Gasteiger partial charge in [0, 0.05) is 6.07 Å². The van der Waals surface area contributed by atoms with Gasteiger partial charge in [0.1, 0.15) is 5.82 Å². The van der Waals surface area contributed by atoms with Crippen molar-refractivity contribution in [2.24, 2.45) is 0 Å². The summed E-state index contributed by atoms with van der Waals surface area (Å²) in [4.78, 5) is 0. The fraction of sp³-hybridized carbons (Fsp3) is 0.333. The third kappa shape index (κ3) is 2.09. The van der Waals surface area contributed by atoms with Gasteiger partial charge in [-0.2, -0.15) is 10.4 Å². The zero-order valence-electron chi connectivity index (χ0n) is 7.62. The lowest BCUT2D eigenvalue weighted by Crippen LogP contribution is -2.04. The third-order valence-corrected chi connectivity index (χ3v) is 1.68. The first-order chi connectivity index (χ1) is 6.15. The van der Waals surface area contributed by atoms with E-state index in [2.05, 4.69) is 11.7 Å². The van der Waals surface area contributed by atoms with Gasteiger partial charge in [-0.25, -0.2) is 4.68 Å². The van der Waals surface area contributed by atoms with Gasteiger partial charge >= 0.3 is 0 Å². The Balaban J connectivity index is 2.85. The van der Waals surface area contributed by atoms with Gasteiger partial charge in [0.25, 0.3) is 0 Å². The molecule has 1 aromatic rings. The summed E-state index contributed by atoms with van der Waals surface area (Å²) in [6.45, 7) is 6.17. The van der Waals surface area contributed by atoms with Gasteiger partial charge in [-0.1, -0.05) is 6.58 Å². The molecule has 2 N–H and O–H groups in total. The van der Waals surface area contributed by atoms with Gasteiger partial charge in [0.2, 0.25) is 0 Å². The number of allylic oxidation sites excluding steroid dienone is 1. The molecule has 4 heteroatoms. The number of anilines is 1. The third-order valence-electron chi connectivity index (χ3n) is 1.68. The second kappa shape index (κ2) is 3.76. The molecule has 0 radical (unpaired) electrons. The van der Waals surface area contributed by atoms with Gasteiger partial charge in [-0.15, -0.1) is 0 Å². The van der Waals surface area contributed by atoms with E-state index in [1.165, 1.54) is 0 Å². The average Bonchev–Trinajstić information content (AvgIpc) is 2.44. The molecular weight excluding hydrogens is 164 g/mol. The standard InChI is InChI=1S/C9H12N4/c1-7(2)8-6-9(11)13(12-8)5-3-4-10/h6H,1,3,5,11H2,2H3. The van der Waals surface area contributed by atoms with E-state index in [-0.39, 0.29) is 0 Å². The maximum Gasteiger partial charge on any atom is 0.122 e. The number of rotatable bonds is 3. The van der Waals surface area contributed by atoms with Crippen LogP contribution in [0.1, 0.15) is 19.0 Å². The van der Waals surface area contributed by atoms with Crippen LogP contribution >= 0.6 is 0 Å². The molecule has 1 rings (SSSR count). The van der Waals surface area contributed by atoms with Crippen LogP contribution in [-0.4, -0.2) is 9.78 Å². The number of nitrogen functional groups attached to an aromatic ring is 1. The van der Waals surface area contributed by atoms with Crippen LogP contribution < -0.4 is 5.73 Å². The van der Waals surface area contributed by atoms with Crippen LogP contribution in [0, 0.1) is 11.3 Å². The Bertz CT molecular complexity index is 356. The molecule has 0 bridgehead atoms. The van der Waals surface area contributed by atoms with E-state index in [1.54, 1.807) is 10.7 Å². The van der Waals surface area contributed by atoms with Gasteiger partial charge < -0.3 is 5.73 Å². The second-order valence-corrected chi connectivity index (χ2v) is 2.87. The Labute approximate surface area is 77.3 Å². The monoisotopic (exact) mass is 176 g/mol. The molecule has 0 aliphatic carbocycles. The minimum atomic E-state index is 0.418. The van der Waals surface area contributed by atoms with Crippen LogP contribution in [0.4, 0.5) is 5.82 Å². The highest BCUT2D eigenvalue weighted by Crippen LogP contribution is 2.13. The number of hydrogen-bond acceptors (Lipinski definition) is 3. The number of nitriles is 1. The fourth-order valence-corrected chi connectivity index (χ4v) is 0.975. The molecule has 0 saturated heterocycles. The molecule has 0 fully saturated rings. The summed E-state index contributed by atoms with van der Waals surface area (Å²) in [5, 5.41) is 12.6. The molecule has 0 unspecified atom stereocenters. The van der Waals surface area contributed by atoms with Crippen LogP contribution in [0.25, 0.3) is 5.57 Å². The Morgan fingerprint density at radius 2 is 2.54 bits per heavy atom. The molecule has 4 nitrogen and oxygen atoms in total. The van der Waals surface area contributed by atoms with Crippen LogP contribution in [0.3, 0.4) is 0 Å². The number of nitrogens with two attached hydrogens (primary N) is 1. The molecule has 0 aliphatic rings. The summed E-state index contributed by atoms with van der Waals surface area (Å²) >= 11 is 0. The van der Waals surface area contributed by atoms with Gasteiger partial charge in [0.05, 0.1) is 24.7 Å². The minimum Gasteiger partial charge on any atom is -0.384 e. The maximum absolute atomic E-state index is 8.38. The van der Waals surface area contributed by atoms with Gasteiger partial charge in [-0.05, 0) is 12.5 Å². The zero-order valence-corrected chi connectivity index (χ0v) is 7.62. The Kier molecular flexibility index (Phi) is 2.70. The van der Waals surface area contributed by atoms with Crippen molar-refractivity contribution in [1.82, 2.24) is 9.78 Å². The molecule has 0 atom stereocenters. The Morgan fingerprint density at radius 3 is 3.00 bits per heavy atom. The second-order valence-electron chi connectivity index (χ2n) is 2.87. The lowest BCUT2D eigenvalue weighted by molar-refractivity contribution is 0.634. The summed E-state index contributed by atoms with van der Waals surface area (Å²) in [5.41, 5.74) is 7.33. The Hall–Kier alpha value is -1.76. The van der Waals surface area contributed by atoms with E-state index in [0.29, 0.717) is 18.8 Å². The molecule has 68 valence electrons. The van der Waals surface area contributed by atoms with Crippen molar-refractivity contribution in [3.05, 3.63) is 18.3 Å². The number of aromatic nitrogens is 2. The normalized spacial score (nSPS) is 9.54. The predicted molar refractivity (Wildman–Crippen MR) is 51.6 cm³/mol. The molecular formula is C9H12N4. The summed E-state index contributed by atoms with van der Waals surface area (Å²) in [5.74, 6) is 0.577. The predicted octanol–water partition coefficient (Wildman–Crippen LogP) is 1.41. The van der Waals surface area contributed by atoms with E-state index < -0.39 is 0 Å². The van der Waals surface area contributed by atoms with E-state index >= 15 is 0 Å². The SMILES string of the molecule is C=C(C)c1cc(N)n(CCC#N)n1. The average molecular weight is 176 g/mol. The van der Waals surface area contributed by atoms with E-state index in [1.807, 2.05) is 13.0 Å². The van der Waals surface area contributed by atoms with E-state index in [4.69, 9.17) is 11.0 Å². The molecule has 0 saturated carbocycles. The lowest BCUT2D eigenvalue weighted by atomic mass is 10.2. The summed E-state index contributed by atoms with van der Waals surface area (Å²) < 4.78 is 1.62. The van der Waals surface area contributed by atoms with Crippen molar-refractivity contribution >= 4 is 11.4 Å². The molecule has 0 aromatic carbocycles. The quantitative estimate of drug-likeness (QED) is 0.757. The van der Waals surface area contributed by atoms with Crippen molar-refractivity contribution in [2.45, 2.75) is 19.9 Å². The molecule has 0 aliphatic heterocycles. The van der Waals surface area contributed by atoms with Crippen LogP contribution in [0.5, 0.6) is 0 Å². The smallest absolute Gasteiger partial charge is 0.122 e. The lowest BCUT2D eigenvalue weighted by Gasteiger charge is -1.98. The number of aryl methyl sites for hydroxylation is 1. The highest BCUT2D eigenvalue weighted by molar-refractivity contribution is 5.60. The van der Waals surface area contributed by atoms with Crippen molar-refractivity contribution in [3.63, 3.8) is 0 Å². The number of hydrogen-bond donors (Lipinski definition) is 1. The number of nitrogens with zero attached hydrogens (tertiary/aromatic N) is 3. The molecule has 1 heterocycles. The highest BCUT2D eigenvalue weighted by Gasteiger charge is 2.04. The molecule has 0 amide bonds. The topological polar surface area (TPSA) is 67.6 Å². The molecule has 0 spiro atoms. The Morgan fingerprint density at radius 1 is 1.85 bits per heavy atom. The minimum absolute atomic E-state index is 0.418. The fourth-order valence-electron chi connectivity index (χ4n) is 0.975. The summed E-state index contributed by atoms with van der Waals surface area (Å²) in [6.07, 6.45) is 0.418. The first-order valence-corrected chi connectivity index (χ1v) is 4.01. The van der Waals surface area contributed by atoms with E-state index in [0.717, 1.165) is 11.3 Å². The maximum atomic E-state index is 8.38. The summed E-state index contributed by atoms with van der Waals surface area (Å²) in [7, 11) is 0. The van der Waals surface area contributed by atoms with Crippen LogP contribution in [0.2, 0.25) is 0 Å². The first-order valence-electron chi connectivity index (χ1n) is 4.01. The largest absolute Gasteiger partial charge is 0.384 e. The van der Waals surface area contributed by atoms with Gasteiger partial charge in [0.15, 0.2) is 0 Å². The van der Waals surface area contributed by atoms with Crippen molar-refractivity contribution in [3.8, 4) is 6.07 Å². The first kappa shape index (κ1) is 9.33. The van der Waals surface area contributed by atoms with Gasteiger partial charge in [-0.3, -0.25) is 0 Å². The van der Waals surface area contributed by atoms with Crippen LogP contribution in [-0.2, 0) is 6.54 Å². The summed E-state index contributed by atoms with van der Waals surface area (Å²) in [6, 6.07) is 3.81. The van der Waals surface area contributed by atoms with Crippen molar-refractivity contribution in [2.75, 3.05) is 5.73 Å².